The van der Waals surface area contributed by atoms with Crippen molar-refractivity contribution in [1.29, 1.82) is 0 Å². The molecule has 3 amide bonds. The molecule has 3 aromatic rings. The van der Waals surface area contributed by atoms with Crippen LogP contribution in [0.15, 0.2) is 72.8 Å². The van der Waals surface area contributed by atoms with Gasteiger partial charge in [0, 0.05) is 17.1 Å². The summed E-state index contributed by atoms with van der Waals surface area (Å²) < 4.78 is 0. The summed E-state index contributed by atoms with van der Waals surface area (Å²) in [5, 5.41) is 3.45. The lowest BCUT2D eigenvalue weighted by molar-refractivity contribution is -0.116. The van der Waals surface area contributed by atoms with Crippen LogP contribution in [0.4, 0.5) is 11.4 Å². The van der Waals surface area contributed by atoms with Gasteiger partial charge >= 0.3 is 0 Å². The number of carbonyl (C=O) groups is 3. The molecule has 0 saturated carbocycles. The number of nitrogens with zero attached hydrogens (tertiary/aromatic N) is 1. The first-order chi connectivity index (χ1) is 14.0. The molecular weight excluding hydrogens is 388 g/mol. The molecule has 5 nitrogen and oxygen atoms in total. The predicted octanol–water partition coefficient (Wildman–Crippen LogP) is 4.71. The summed E-state index contributed by atoms with van der Waals surface area (Å²) in [6, 6.07) is 20.8. The van der Waals surface area contributed by atoms with E-state index in [2.05, 4.69) is 5.32 Å². The number of benzene rings is 3. The number of carbonyl (C=O) groups excluding carboxylic acids is 3. The fraction of sp³-hybridized carbons (Fsp3) is 0.0870. The van der Waals surface area contributed by atoms with Crippen molar-refractivity contribution in [1.82, 2.24) is 0 Å². The fourth-order valence-electron chi connectivity index (χ4n) is 3.32. The molecule has 0 fully saturated rings. The summed E-state index contributed by atoms with van der Waals surface area (Å²) in [4.78, 5) is 38.7. The lowest BCUT2D eigenvalue weighted by Gasteiger charge is -2.15. The molecule has 4 rings (SSSR count). The molecular formula is C23H17ClN2O3. The van der Waals surface area contributed by atoms with Crippen molar-refractivity contribution in [3.63, 3.8) is 0 Å². The van der Waals surface area contributed by atoms with Crippen LogP contribution in [0, 0.1) is 0 Å². The highest BCUT2D eigenvalue weighted by molar-refractivity contribution is 6.34. The minimum Gasteiger partial charge on any atom is -0.326 e. The summed E-state index contributed by atoms with van der Waals surface area (Å²) >= 11 is 6.13. The third-order valence-corrected chi connectivity index (χ3v) is 5.13. The van der Waals surface area contributed by atoms with E-state index in [4.69, 9.17) is 11.6 Å². The Morgan fingerprint density at radius 3 is 2.21 bits per heavy atom. The van der Waals surface area contributed by atoms with E-state index in [0.717, 1.165) is 10.5 Å². The molecule has 0 aromatic heterocycles. The van der Waals surface area contributed by atoms with Gasteiger partial charge in [0.25, 0.3) is 11.8 Å². The Kier molecular flexibility index (Phi) is 5.14. The molecule has 1 heterocycles. The molecule has 29 heavy (non-hydrogen) atoms. The molecule has 0 spiro atoms. The number of rotatable bonds is 5. The van der Waals surface area contributed by atoms with Gasteiger partial charge in [-0.15, -0.1) is 0 Å². The minimum atomic E-state index is -0.368. The zero-order chi connectivity index (χ0) is 20.4. The van der Waals surface area contributed by atoms with Gasteiger partial charge in [0.2, 0.25) is 5.91 Å². The Labute approximate surface area is 172 Å². The number of anilines is 2. The molecule has 0 unspecified atom stereocenters. The Bertz CT molecular complexity index is 1090. The van der Waals surface area contributed by atoms with E-state index in [1.54, 1.807) is 54.6 Å². The van der Waals surface area contributed by atoms with Crippen LogP contribution in [-0.2, 0) is 11.2 Å². The van der Waals surface area contributed by atoms with Crippen LogP contribution in [0.5, 0.6) is 0 Å². The largest absolute Gasteiger partial charge is 0.326 e. The van der Waals surface area contributed by atoms with E-state index in [1.807, 2.05) is 18.2 Å². The van der Waals surface area contributed by atoms with Gasteiger partial charge in [0.15, 0.2) is 0 Å². The molecule has 1 N–H and O–H groups in total. The predicted molar refractivity (Wildman–Crippen MR) is 112 cm³/mol. The number of amides is 3. The third-order valence-electron chi connectivity index (χ3n) is 4.76. The van der Waals surface area contributed by atoms with E-state index in [0.29, 0.717) is 33.9 Å². The first-order valence-corrected chi connectivity index (χ1v) is 9.53. The van der Waals surface area contributed by atoms with Crippen molar-refractivity contribution in [2.75, 3.05) is 10.2 Å². The van der Waals surface area contributed by atoms with Crippen molar-refractivity contribution < 1.29 is 14.4 Å². The Balaban J connectivity index is 1.47. The van der Waals surface area contributed by atoms with Crippen LogP contribution in [0.1, 0.15) is 32.7 Å². The summed E-state index contributed by atoms with van der Waals surface area (Å²) in [7, 11) is 0. The average Bonchev–Trinajstić information content (AvgIpc) is 2.98. The van der Waals surface area contributed by atoms with Crippen molar-refractivity contribution in [2.45, 2.75) is 12.8 Å². The third kappa shape index (κ3) is 3.77. The standard InChI is InChI=1S/C23H17ClN2O3/c24-20-11-4-1-6-15(20)12-13-21(27)25-16-7-5-8-17(14-16)26-22(28)18-9-2-3-10-19(18)23(26)29/h1-11,14H,12-13H2,(H,25,27). The van der Waals surface area contributed by atoms with Crippen molar-refractivity contribution in [2.24, 2.45) is 0 Å². The molecule has 0 atom stereocenters. The van der Waals surface area contributed by atoms with Crippen LogP contribution in [0.2, 0.25) is 5.02 Å². The van der Waals surface area contributed by atoms with Gasteiger partial charge in [-0.1, -0.05) is 48.0 Å². The molecule has 0 radical (unpaired) electrons. The molecule has 144 valence electrons. The lowest BCUT2D eigenvalue weighted by atomic mass is 10.1. The maximum atomic E-state index is 12.6. The molecule has 1 aliphatic heterocycles. The normalized spacial score (nSPS) is 12.8. The number of fused-ring (bicyclic) bond motifs is 1. The molecule has 0 bridgehead atoms. The van der Waals surface area contributed by atoms with Crippen LogP contribution in [0.25, 0.3) is 0 Å². The summed E-state index contributed by atoms with van der Waals surface area (Å²) in [5.41, 5.74) is 2.60. The highest BCUT2D eigenvalue weighted by Crippen LogP contribution is 2.29. The number of aryl methyl sites for hydroxylation is 1. The van der Waals surface area contributed by atoms with Crippen LogP contribution in [-0.4, -0.2) is 17.7 Å². The topological polar surface area (TPSA) is 66.5 Å². The van der Waals surface area contributed by atoms with E-state index in [-0.39, 0.29) is 24.1 Å². The summed E-state index contributed by atoms with van der Waals surface area (Å²) in [6.45, 7) is 0. The second kappa shape index (κ2) is 7.89. The number of imide groups is 1. The molecule has 1 aliphatic rings. The second-order valence-electron chi connectivity index (χ2n) is 6.68. The highest BCUT2D eigenvalue weighted by atomic mass is 35.5. The SMILES string of the molecule is O=C(CCc1ccccc1Cl)Nc1cccc(N2C(=O)c3ccccc3C2=O)c1. The molecule has 6 heteroatoms. The average molecular weight is 405 g/mol. The van der Waals surface area contributed by atoms with E-state index >= 15 is 0 Å². The summed E-state index contributed by atoms with van der Waals surface area (Å²) in [5.74, 6) is -0.912. The van der Waals surface area contributed by atoms with Crippen molar-refractivity contribution >= 4 is 40.7 Å². The van der Waals surface area contributed by atoms with Crippen LogP contribution in [0.3, 0.4) is 0 Å². The first kappa shape index (κ1) is 18.9. The zero-order valence-corrected chi connectivity index (χ0v) is 16.1. The second-order valence-corrected chi connectivity index (χ2v) is 7.09. The smallest absolute Gasteiger partial charge is 0.266 e. The summed E-state index contributed by atoms with van der Waals surface area (Å²) in [6.07, 6.45) is 0.782. The van der Waals surface area contributed by atoms with E-state index in [9.17, 15) is 14.4 Å². The fourth-order valence-corrected chi connectivity index (χ4v) is 3.55. The number of hydrogen-bond donors (Lipinski definition) is 1. The van der Waals surface area contributed by atoms with Gasteiger partial charge in [-0.05, 0) is 48.4 Å². The minimum absolute atomic E-state index is 0.176. The zero-order valence-electron chi connectivity index (χ0n) is 15.4. The quantitative estimate of drug-likeness (QED) is 0.626. The lowest BCUT2D eigenvalue weighted by Crippen LogP contribution is -2.29. The molecule has 0 aliphatic carbocycles. The number of hydrogen-bond acceptors (Lipinski definition) is 3. The van der Waals surface area contributed by atoms with Crippen LogP contribution < -0.4 is 10.2 Å². The number of nitrogens with one attached hydrogen (secondary N) is 1. The van der Waals surface area contributed by atoms with Gasteiger partial charge in [-0.2, -0.15) is 0 Å². The van der Waals surface area contributed by atoms with E-state index < -0.39 is 0 Å². The van der Waals surface area contributed by atoms with Crippen molar-refractivity contribution in [3.8, 4) is 0 Å². The van der Waals surface area contributed by atoms with Gasteiger partial charge in [0.05, 0.1) is 16.8 Å². The highest BCUT2D eigenvalue weighted by Gasteiger charge is 2.36. The van der Waals surface area contributed by atoms with Gasteiger partial charge in [0.1, 0.15) is 0 Å². The Morgan fingerprint density at radius 2 is 1.52 bits per heavy atom. The maximum absolute atomic E-state index is 12.6. The first-order valence-electron chi connectivity index (χ1n) is 9.16. The van der Waals surface area contributed by atoms with Gasteiger partial charge in [-0.3, -0.25) is 14.4 Å². The Morgan fingerprint density at radius 1 is 0.862 bits per heavy atom. The molecule has 3 aromatic carbocycles. The van der Waals surface area contributed by atoms with Crippen molar-refractivity contribution in [3.05, 3.63) is 94.5 Å². The van der Waals surface area contributed by atoms with Gasteiger partial charge in [-0.25, -0.2) is 4.90 Å². The monoisotopic (exact) mass is 404 g/mol. The van der Waals surface area contributed by atoms with Gasteiger partial charge < -0.3 is 5.32 Å². The maximum Gasteiger partial charge on any atom is 0.266 e. The Hall–Kier alpha value is -3.44. The number of halogens is 1. The molecule has 0 saturated heterocycles. The van der Waals surface area contributed by atoms with Crippen LogP contribution >= 0.6 is 11.6 Å². The van der Waals surface area contributed by atoms with E-state index in [1.165, 1.54) is 0 Å².